The molecule has 0 aromatic heterocycles. The molecule has 0 bridgehead atoms. The average molecular weight is 266 g/mol. The Hall–Kier alpha value is -0.160. The second-order valence-electron chi connectivity index (χ2n) is 6.84. The Kier molecular flexibility index (Phi) is 4.42. The van der Waals surface area contributed by atoms with E-state index in [2.05, 4.69) is 33.7 Å². The van der Waals surface area contributed by atoms with Crippen molar-refractivity contribution in [2.24, 2.45) is 0 Å². The fourth-order valence-corrected chi connectivity index (χ4v) is 4.05. The Morgan fingerprint density at radius 1 is 0.895 bits per heavy atom. The summed E-state index contributed by atoms with van der Waals surface area (Å²) >= 11 is 0. The van der Waals surface area contributed by atoms with Crippen LogP contribution in [0.15, 0.2) is 0 Å². The average Bonchev–Trinajstić information content (AvgIpc) is 2.73. The maximum atomic E-state index is 2.75. The first kappa shape index (κ1) is 13.8. The summed E-state index contributed by atoms with van der Waals surface area (Å²) in [6, 6.07) is 1.58. The van der Waals surface area contributed by atoms with E-state index in [0.29, 0.717) is 0 Å². The van der Waals surface area contributed by atoms with Gasteiger partial charge >= 0.3 is 0 Å². The van der Waals surface area contributed by atoms with Crippen molar-refractivity contribution in [1.29, 1.82) is 0 Å². The normalized spacial score (nSPS) is 36.3. The van der Waals surface area contributed by atoms with Crippen LogP contribution in [-0.2, 0) is 0 Å². The summed E-state index contributed by atoms with van der Waals surface area (Å²) in [5.74, 6) is 0. The topological polar surface area (TPSA) is 13.0 Å². The molecule has 0 saturated carbocycles. The van der Waals surface area contributed by atoms with Crippen molar-refractivity contribution in [1.82, 2.24) is 19.6 Å². The van der Waals surface area contributed by atoms with Crippen molar-refractivity contribution in [3.63, 3.8) is 0 Å². The van der Waals surface area contributed by atoms with Crippen molar-refractivity contribution >= 4 is 0 Å². The third-order valence-corrected chi connectivity index (χ3v) is 5.34. The van der Waals surface area contributed by atoms with Gasteiger partial charge in [-0.3, -0.25) is 9.80 Å². The first-order valence-corrected chi connectivity index (χ1v) is 8.07. The van der Waals surface area contributed by atoms with Gasteiger partial charge in [-0.2, -0.15) is 0 Å². The van der Waals surface area contributed by atoms with E-state index in [1.165, 1.54) is 71.6 Å². The lowest BCUT2D eigenvalue weighted by Crippen LogP contribution is -2.55. The minimum atomic E-state index is 0.728. The van der Waals surface area contributed by atoms with Crippen LogP contribution in [0.2, 0.25) is 0 Å². The van der Waals surface area contributed by atoms with E-state index in [0.717, 1.165) is 12.1 Å². The van der Waals surface area contributed by atoms with Gasteiger partial charge < -0.3 is 9.80 Å². The molecule has 0 aromatic carbocycles. The number of piperazine rings is 1. The molecule has 3 aliphatic rings. The summed E-state index contributed by atoms with van der Waals surface area (Å²) < 4.78 is 0. The zero-order chi connectivity index (χ0) is 13.2. The highest BCUT2D eigenvalue weighted by atomic mass is 15.3. The molecule has 0 aromatic rings. The highest BCUT2D eigenvalue weighted by Crippen LogP contribution is 2.22. The van der Waals surface area contributed by atoms with Crippen LogP contribution in [0.4, 0.5) is 0 Å². The summed E-state index contributed by atoms with van der Waals surface area (Å²) in [6.45, 7) is 10.3. The molecule has 2 unspecified atom stereocenters. The van der Waals surface area contributed by atoms with Crippen LogP contribution in [0.5, 0.6) is 0 Å². The van der Waals surface area contributed by atoms with Gasteiger partial charge in [0, 0.05) is 44.8 Å². The summed E-state index contributed by atoms with van der Waals surface area (Å²) in [5.41, 5.74) is 0. The number of fused-ring (bicyclic) bond motifs is 1. The smallest absolute Gasteiger partial charge is 0.0347 e. The SMILES string of the molecule is CN1CCN(C)C(CN2CCCN3CCCC3C2)C1. The lowest BCUT2D eigenvalue weighted by molar-refractivity contribution is 0.0799. The van der Waals surface area contributed by atoms with Crippen LogP contribution in [0.1, 0.15) is 19.3 Å². The minimum absolute atomic E-state index is 0.728. The van der Waals surface area contributed by atoms with Gasteiger partial charge in [-0.15, -0.1) is 0 Å². The van der Waals surface area contributed by atoms with Crippen molar-refractivity contribution in [2.75, 3.05) is 66.5 Å². The van der Waals surface area contributed by atoms with Crippen LogP contribution in [0.25, 0.3) is 0 Å². The summed E-state index contributed by atoms with van der Waals surface area (Å²) in [6.07, 6.45) is 4.21. The molecule has 110 valence electrons. The summed E-state index contributed by atoms with van der Waals surface area (Å²) in [7, 11) is 4.57. The quantitative estimate of drug-likeness (QED) is 0.717. The van der Waals surface area contributed by atoms with Gasteiger partial charge in [0.15, 0.2) is 0 Å². The summed E-state index contributed by atoms with van der Waals surface area (Å²) in [4.78, 5) is 10.5. The molecule has 3 saturated heterocycles. The fourth-order valence-electron chi connectivity index (χ4n) is 4.05. The Bertz CT molecular complexity index is 296. The van der Waals surface area contributed by atoms with E-state index in [4.69, 9.17) is 0 Å². The Morgan fingerprint density at radius 3 is 2.63 bits per heavy atom. The molecule has 0 amide bonds. The first-order chi connectivity index (χ1) is 9.22. The van der Waals surface area contributed by atoms with Crippen molar-refractivity contribution < 1.29 is 0 Å². The molecule has 0 spiro atoms. The molecule has 0 aliphatic carbocycles. The van der Waals surface area contributed by atoms with E-state index < -0.39 is 0 Å². The van der Waals surface area contributed by atoms with Gasteiger partial charge in [0.1, 0.15) is 0 Å². The number of nitrogens with zero attached hydrogens (tertiary/aromatic N) is 4. The molecule has 4 nitrogen and oxygen atoms in total. The largest absolute Gasteiger partial charge is 0.303 e. The van der Waals surface area contributed by atoms with E-state index in [1.807, 2.05) is 0 Å². The molecule has 0 N–H and O–H groups in total. The fraction of sp³-hybridized carbons (Fsp3) is 1.00. The van der Waals surface area contributed by atoms with E-state index in [-0.39, 0.29) is 0 Å². The molecule has 2 atom stereocenters. The van der Waals surface area contributed by atoms with Crippen LogP contribution < -0.4 is 0 Å². The molecule has 4 heteroatoms. The number of likely N-dealkylation sites (N-methyl/N-ethyl adjacent to an activating group) is 2. The highest BCUT2D eigenvalue weighted by molar-refractivity contribution is 4.88. The van der Waals surface area contributed by atoms with Gasteiger partial charge in [0.2, 0.25) is 0 Å². The number of rotatable bonds is 2. The van der Waals surface area contributed by atoms with Crippen molar-refractivity contribution in [3.05, 3.63) is 0 Å². The third-order valence-electron chi connectivity index (χ3n) is 5.34. The van der Waals surface area contributed by atoms with Gasteiger partial charge in [-0.25, -0.2) is 0 Å². The predicted octanol–water partition coefficient (Wildman–Crippen LogP) is 0.402. The van der Waals surface area contributed by atoms with Crippen LogP contribution in [0, 0.1) is 0 Å². The predicted molar refractivity (Wildman–Crippen MR) is 79.6 cm³/mol. The van der Waals surface area contributed by atoms with E-state index in [9.17, 15) is 0 Å². The van der Waals surface area contributed by atoms with Gasteiger partial charge in [0.25, 0.3) is 0 Å². The molecule has 0 radical (unpaired) electrons. The Balaban J connectivity index is 1.56. The minimum Gasteiger partial charge on any atom is -0.303 e. The molecule has 3 aliphatic heterocycles. The zero-order valence-corrected chi connectivity index (χ0v) is 12.7. The molecule has 3 rings (SSSR count). The van der Waals surface area contributed by atoms with Crippen LogP contribution >= 0.6 is 0 Å². The standard InChI is InChI=1S/C15H30N4/c1-16-9-10-17(2)15(11-16)13-18-6-4-8-19-7-3-5-14(19)12-18/h14-15H,3-13H2,1-2H3. The van der Waals surface area contributed by atoms with Crippen LogP contribution in [-0.4, -0.2) is 98.1 Å². The van der Waals surface area contributed by atoms with Crippen molar-refractivity contribution in [2.45, 2.75) is 31.3 Å². The third kappa shape index (κ3) is 3.30. The maximum absolute atomic E-state index is 2.75. The van der Waals surface area contributed by atoms with Gasteiger partial charge in [0.05, 0.1) is 0 Å². The Labute approximate surface area is 118 Å². The second-order valence-corrected chi connectivity index (χ2v) is 6.84. The van der Waals surface area contributed by atoms with E-state index in [1.54, 1.807) is 0 Å². The lowest BCUT2D eigenvalue weighted by Gasteiger charge is -2.40. The maximum Gasteiger partial charge on any atom is 0.0347 e. The molecule has 19 heavy (non-hydrogen) atoms. The van der Waals surface area contributed by atoms with E-state index >= 15 is 0 Å². The molecular formula is C15H30N4. The second kappa shape index (κ2) is 6.08. The lowest BCUT2D eigenvalue weighted by atomic mass is 10.1. The number of hydrogen-bond donors (Lipinski definition) is 0. The molecular weight excluding hydrogens is 236 g/mol. The first-order valence-electron chi connectivity index (χ1n) is 8.07. The van der Waals surface area contributed by atoms with Gasteiger partial charge in [-0.1, -0.05) is 0 Å². The van der Waals surface area contributed by atoms with Gasteiger partial charge in [-0.05, 0) is 53.0 Å². The number of hydrogen-bond acceptors (Lipinski definition) is 4. The zero-order valence-electron chi connectivity index (χ0n) is 12.7. The molecule has 3 heterocycles. The molecule has 3 fully saturated rings. The Morgan fingerprint density at radius 2 is 1.74 bits per heavy atom. The monoisotopic (exact) mass is 266 g/mol. The van der Waals surface area contributed by atoms with Crippen molar-refractivity contribution in [3.8, 4) is 0 Å². The summed E-state index contributed by atoms with van der Waals surface area (Å²) in [5, 5.41) is 0. The van der Waals surface area contributed by atoms with Crippen LogP contribution in [0.3, 0.4) is 0 Å². The highest BCUT2D eigenvalue weighted by Gasteiger charge is 2.31.